The van der Waals surface area contributed by atoms with Crippen LogP contribution in [0.2, 0.25) is 0 Å². The molecule has 2 atom stereocenters. The third-order valence-electron chi connectivity index (χ3n) is 9.10. The summed E-state index contributed by atoms with van der Waals surface area (Å²) >= 11 is 0. The van der Waals surface area contributed by atoms with Crippen LogP contribution in [0.25, 0.3) is 22.3 Å². The van der Waals surface area contributed by atoms with Gasteiger partial charge < -0.3 is 58.3 Å². The summed E-state index contributed by atoms with van der Waals surface area (Å²) in [6.07, 6.45) is 0. The molecule has 0 saturated carbocycles. The van der Waals surface area contributed by atoms with Crippen LogP contribution < -0.4 is 20.4 Å². The number of ether oxygens (including phenoxy) is 8. The highest BCUT2D eigenvalue weighted by Crippen LogP contribution is 2.31. The molecule has 1 amide bonds. The molecule has 2 aromatic heterocycles. The van der Waals surface area contributed by atoms with Crippen LogP contribution in [0.15, 0.2) is 36.4 Å². The van der Waals surface area contributed by atoms with E-state index in [9.17, 15) is 4.79 Å². The fourth-order valence-corrected chi connectivity index (χ4v) is 6.09. The predicted octanol–water partition coefficient (Wildman–Crippen LogP) is 2.19. The van der Waals surface area contributed by atoms with Gasteiger partial charge in [0.1, 0.15) is 5.82 Å². The summed E-state index contributed by atoms with van der Waals surface area (Å²) in [5, 5.41) is 6.84. The van der Waals surface area contributed by atoms with Crippen molar-refractivity contribution in [2.24, 2.45) is 0 Å². The van der Waals surface area contributed by atoms with Crippen LogP contribution in [0.3, 0.4) is 0 Å². The van der Waals surface area contributed by atoms with Crippen molar-refractivity contribution in [2.75, 3.05) is 149 Å². The third kappa shape index (κ3) is 13.8. The highest BCUT2D eigenvalue weighted by Gasteiger charge is 2.27. The van der Waals surface area contributed by atoms with Crippen molar-refractivity contribution in [3.05, 3.63) is 42.0 Å². The van der Waals surface area contributed by atoms with Crippen LogP contribution in [-0.2, 0) is 37.9 Å². The van der Waals surface area contributed by atoms with E-state index >= 15 is 0 Å². The summed E-state index contributed by atoms with van der Waals surface area (Å²) in [7, 11) is 1.89. The lowest BCUT2D eigenvalue weighted by Crippen LogP contribution is -2.46. The summed E-state index contributed by atoms with van der Waals surface area (Å²) in [5.41, 5.74) is 2.70. The van der Waals surface area contributed by atoms with Crippen molar-refractivity contribution in [1.29, 1.82) is 0 Å². The molecule has 0 aliphatic carbocycles. The Morgan fingerprint density at radius 2 is 1.27 bits per heavy atom. The normalized spacial score (nSPS) is 17.6. The number of amides is 1. The predicted molar refractivity (Wildman–Crippen MR) is 209 cm³/mol. The number of morpholine rings is 2. The molecule has 0 unspecified atom stereocenters. The van der Waals surface area contributed by atoms with E-state index in [2.05, 4.69) is 34.3 Å². The topological polar surface area (TPSA) is 160 Å². The van der Waals surface area contributed by atoms with Gasteiger partial charge in [-0.3, -0.25) is 4.79 Å². The monoisotopic (exact) mass is 769 g/mol. The van der Waals surface area contributed by atoms with Crippen LogP contribution >= 0.6 is 0 Å². The van der Waals surface area contributed by atoms with Crippen molar-refractivity contribution in [3.63, 3.8) is 0 Å². The van der Waals surface area contributed by atoms with E-state index in [0.29, 0.717) is 136 Å². The minimum Gasteiger partial charge on any atom is -0.378 e. The Hall–Kier alpha value is -3.58. The van der Waals surface area contributed by atoms with Crippen LogP contribution in [0.4, 0.5) is 11.8 Å². The average molecular weight is 770 g/mol. The van der Waals surface area contributed by atoms with E-state index in [1.54, 1.807) is 6.07 Å². The van der Waals surface area contributed by atoms with E-state index in [1.807, 2.05) is 37.4 Å². The Morgan fingerprint density at radius 3 is 1.85 bits per heavy atom. The van der Waals surface area contributed by atoms with Gasteiger partial charge in [-0.2, -0.15) is 9.97 Å². The number of pyridine rings is 1. The highest BCUT2D eigenvalue weighted by atomic mass is 16.6. The summed E-state index contributed by atoms with van der Waals surface area (Å²) in [6.45, 7) is 15.5. The Balaban J connectivity index is 1.00. The molecular weight excluding hydrogens is 710 g/mol. The Labute approximate surface area is 324 Å². The molecule has 2 aliphatic rings. The molecule has 16 heteroatoms. The second-order valence-electron chi connectivity index (χ2n) is 13.3. The van der Waals surface area contributed by atoms with Gasteiger partial charge in [0.15, 0.2) is 5.65 Å². The summed E-state index contributed by atoms with van der Waals surface area (Å²) < 4.78 is 44.4. The highest BCUT2D eigenvalue weighted by molar-refractivity contribution is 5.96. The lowest BCUT2D eigenvalue weighted by atomic mass is 10.1. The molecule has 16 nitrogen and oxygen atoms in total. The lowest BCUT2D eigenvalue weighted by Gasteiger charge is -2.37. The van der Waals surface area contributed by atoms with Crippen molar-refractivity contribution in [3.8, 4) is 11.3 Å². The molecule has 4 heterocycles. The van der Waals surface area contributed by atoms with Gasteiger partial charge in [-0.05, 0) is 45.2 Å². The van der Waals surface area contributed by atoms with Crippen molar-refractivity contribution < 1.29 is 42.7 Å². The molecule has 2 saturated heterocycles. The van der Waals surface area contributed by atoms with Gasteiger partial charge in [-0.1, -0.05) is 12.1 Å². The smallest absolute Gasteiger partial charge is 0.251 e. The quantitative estimate of drug-likeness (QED) is 0.121. The number of likely N-dealkylation sites (N-methyl/N-ethyl adjacent to an activating group) is 1. The second-order valence-corrected chi connectivity index (χ2v) is 13.3. The van der Waals surface area contributed by atoms with Crippen molar-refractivity contribution in [2.45, 2.75) is 25.9 Å². The van der Waals surface area contributed by atoms with Gasteiger partial charge >= 0.3 is 0 Å². The number of aromatic nitrogens is 3. The third-order valence-corrected chi connectivity index (χ3v) is 9.10. The van der Waals surface area contributed by atoms with Crippen LogP contribution in [-0.4, -0.2) is 172 Å². The largest absolute Gasteiger partial charge is 0.378 e. The minimum atomic E-state index is -0.184. The van der Waals surface area contributed by atoms with Gasteiger partial charge in [-0.25, -0.2) is 4.98 Å². The molecule has 3 aromatic rings. The molecule has 0 radical (unpaired) electrons. The summed E-state index contributed by atoms with van der Waals surface area (Å²) in [4.78, 5) is 32.6. The van der Waals surface area contributed by atoms with Crippen LogP contribution in [0.1, 0.15) is 24.2 Å². The molecule has 2 N–H and O–H groups in total. The number of carbonyl (C=O) groups excluding carboxylic acids is 1. The lowest BCUT2D eigenvalue weighted by molar-refractivity contribution is -0.0163. The van der Waals surface area contributed by atoms with Crippen molar-refractivity contribution in [1.82, 2.24) is 25.6 Å². The first-order chi connectivity index (χ1) is 27.0. The van der Waals surface area contributed by atoms with Gasteiger partial charge in [0.05, 0.1) is 129 Å². The Kier molecular flexibility index (Phi) is 18.7. The van der Waals surface area contributed by atoms with E-state index in [-0.39, 0.29) is 18.0 Å². The molecular formula is C39H59N7O9. The van der Waals surface area contributed by atoms with Gasteiger partial charge in [-0.15, -0.1) is 0 Å². The molecule has 55 heavy (non-hydrogen) atoms. The zero-order valence-corrected chi connectivity index (χ0v) is 32.7. The summed E-state index contributed by atoms with van der Waals surface area (Å²) in [5.74, 6) is 1.32. The molecule has 2 fully saturated rings. The number of hydrogen-bond donors (Lipinski definition) is 2. The number of fused-ring (bicyclic) bond motifs is 1. The fraction of sp³-hybridized carbons (Fsp3) is 0.641. The molecule has 0 spiro atoms. The standard InChI is InChI=1S/C39H59N7O9/c1-30-28-54-15-11-45(30)37-34-7-8-35(42-36(34)43-39(44-37)46-12-16-55-29-31(46)2)32-5-4-6-33(27-32)38(47)41-10-14-49-18-20-51-22-24-53-26-25-52-23-21-50-19-17-48-13-9-40-3/h4-8,27,30-31,40H,9-26,28-29H2,1-3H3,(H,41,47)/t30-,31-/m1/s1. The number of benzene rings is 1. The van der Waals surface area contributed by atoms with E-state index < -0.39 is 0 Å². The number of rotatable bonds is 25. The maximum Gasteiger partial charge on any atom is 0.251 e. The Morgan fingerprint density at radius 1 is 0.709 bits per heavy atom. The number of carbonyl (C=O) groups is 1. The van der Waals surface area contributed by atoms with Gasteiger partial charge in [0.25, 0.3) is 5.91 Å². The molecule has 0 bridgehead atoms. The maximum absolute atomic E-state index is 13.0. The van der Waals surface area contributed by atoms with E-state index in [1.165, 1.54) is 0 Å². The molecule has 5 rings (SSSR count). The zero-order valence-electron chi connectivity index (χ0n) is 32.7. The maximum atomic E-state index is 13.0. The first kappa shape index (κ1) is 42.6. The minimum absolute atomic E-state index is 0.141. The number of nitrogens with zero attached hydrogens (tertiary/aromatic N) is 5. The average Bonchev–Trinajstić information content (AvgIpc) is 3.21. The van der Waals surface area contributed by atoms with Crippen LogP contribution in [0, 0.1) is 0 Å². The first-order valence-electron chi connectivity index (χ1n) is 19.4. The molecule has 304 valence electrons. The molecule has 2 aliphatic heterocycles. The SMILES string of the molecule is CNCCOCCOCCOCCOCCOCCOCCNC(=O)c1cccc(-c2ccc3c(N4CCOC[C@H]4C)nc(N4CCOC[C@H]4C)nc3n2)c1. The number of hydrogen-bond acceptors (Lipinski definition) is 15. The first-order valence-corrected chi connectivity index (χ1v) is 19.4. The van der Waals surface area contributed by atoms with Gasteiger partial charge in [0.2, 0.25) is 5.95 Å². The van der Waals surface area contributed by atoms with E-state index in [0.717, 1.165) is 35.6 Å². The number of nitrogens with one attached hydrogen (secondary N) is 2. The second kappa shape index (κ2) is 24.1. The van der Waals surface area contributed by atoms with Gasteiger partial charge in [0, 0.05) is 37.3 Å². The fourth-order valence-electron chi connectivity index (χ4n) is 6.09. The van der Waals surface area contributed by atoms with Crippen molar-refractivity contribution >= 4 is 28.7 Å². The molecule has 1 aromatic carbocycles. The zero-order chi connectivity index (χ0) is 38.5. The number of anilines is 2. The van der Waals surface area contributed by atoms with Crippen LogP contribution in [0.5, 0.6) is 0 Å². The Bertz CT molecular complexity index is 1570. The summed E-state index contributed by atoms with van der Waals surface area (Å²) in [6, 6.07) is 11.8. The van der Waals surface area contributed by atoms with E-state index in [4.69, 9.17) is 52.8 Å².